The van der Waals surface area contributed by atoms with Gasteiger partial charge in [0, 0.05) is 25.8 Å². The summed E-state index contributed by atoms with van der Waals surface area (Å²) in [5.74, 6) is 0. The van der Waals surface area contributed by atoms with E-state index in [0.717, 1.165) is 25.3 Å². The van der Waals surface area contributed by atoms with Gasteiger partial charge in [-0.15, -0.1) is 0 Å². The Kier molecular flexibility index (Phi) is 7.35. The van der Waals surface area contributed by atoms with E-state index in [0.29, 0.717) is 6.04 Å². The highest BCUT2D eigenvalue weighted by molar-refractivity contribution is 5.28. The molecule has 4 heteroatoms. The first kappa shape index (κ1) is 16.7. The maximum absolute atomic E-state index is 8.93. The van der Waals surface area contributed by atoms with Crippen molar-refractivity contribution >= 4 is 0 Å². The monoisotopic (exact) mass is 276 g/mol. The Hall–Kier alpha value is -1.31. The average Bonchev–Trinajstić information content (AvgIpc) is 2.81. The Bertz CT molecular complexity index is 426. The predicted octanol–water partition coefficient (Wildman–Crippen LogP) is 2.50. The zero-order valence-corrected chi connectivity index (χ0v) is 13.3. The molecule has 112 valence electrons. The van der Waals surface area contributed by atoms with Crippen molar-refractivity contribution in [1.29, 1.82) is 5.26 Å². The Morgan fingerprint density at radius 1 is 1.40 bits per heavy atom. The summed E-state index contributed by atoms with van der Waals surface area (Å²) >= 11 is 0. The molecule has 0 aromatic carbocycles. The van der Waals surface area contributed by atoms with Gasteiger partial charge in [-0.25, -0.2) is 0 Å². The van der Waals surface area contributed by atoms with Crippen LogP contribution in [0, 0.1) is 11.3 Å². The second kappa shape index (κ2) is 8.78. The normalized spacial score (nSPS) is 12.6. The second-order valence-electron chi connectivity index (χ2n) is 5.41. The molecule has 1 aromatic heterocycles. The Balaban J connectivity index is 2.25. The van der Waals surface area contributed by atoms with E-state index in [4.69, 9.17) is 5.26 Å². The van der Waals surface area contributed by atoms with Crippen LogP contribution in [0.2, 0.25) is 0 Å². The van der Waals surface area contributed by atoms with E-state index in [1.807, 2.05) is 23.9 Å². The number of nitrogens with one attached hydrogen (secondary N) is 1. The molecule has 1 heterocycles. The molecule has 1 rings (SSSR count). The SMILES string of the molecule is CCN(CC)CCCC(C)NCc1cc(C#N)n(C)c1. The lowest BCUT2D eigenvalue weighted by Crippen LogP contribution is -2.28. The fourth-order valence-corrected chi connectivity index (χ4v) is 2.40. The number of aromatic nitrogens is 1. The molecule has 0 amide bonds. The number of hydrogen-bond acceptors (Lipinski definition) is 3. The van der Waals surface area contributed by atoms with Crippen LogP contribution in [-0.4, -0.2) is 35.1 Å². The van der Waals surface area contributed by atoms with E-state index < -0.39 is 0 Å². The quantitative estimate of drug-likeness (QED) is 0.753. The Morgan fingerprint density at radius 3 is 2.65 bits per heavy atom. The summed E-state index contributed by atoms with van der Waals surface area (Å²) in [6.45, 7) is 11.0. The smallest absolute Gasteiger partial charge is 0.120 e. The van der Waals surface area contributed by atoms with Gasteiger partial charge in [0.15, 0.2) is 0 Å². The van der Waals surface area contributed by atoms with E-state index in [-0.39, 0.29) is 0 Å². The highest BCUT2D eigenvalue weighted by Crippen LogP contribution is 2.07. The van der Waals surface area contributed by atoms with Crippen LogP contribution in [0.1, 0.15) is 44.9 Å². The highest BCUT2D eigenvalue weighted by Gasteiger charge is 2.06. The largest absolute Gasteiger partial charge is 0.342 e. The first-order chi connectivity index (χ1) is 9.60. The molecule has 1 unspecified atom stereocenters. The van der Waals surface area contributed by atoms with E-state index in [1.165, 1.54) is 24.9 Å². The first-order valence-corrected chi connectivity index (χ1v) is 7.61. The molecule has 20 heavy (non-hydrogen) atoms. The van der Waals surface area contributed by atoms with Gasteiger partial charge in [-0.3, -0.25) is 0 Å². The van der Waals surface area contributed by atoms with Gasteiger partial charge in [0.1, 0.15) is 11.8 Å². The van der Waals surface area contributed by atoms with E-state index in [9.17, 15) is 0 Å². The van der Waals surface area contributed by atoms with Crippen molar-refractivity contribution in [2.45, 2.75) is 46.2 Å². The number of rotatable bonds is 9. The summed E-state index contributed by atoms with van der Waals surface area (Å²) in [5.41, 5.74) is 1.90. The minimum Gasteiger partial charge on any atom is -0.342 e. The van der Waals surface area contributed by atoms with Crippen LogP contribution in [0.15, 0.2) is 12.3 Å². The van der Waals surface area contributed by atoms with Gasteiger partial charge < -0.3 is 14.8 Å². The minimum absolute atomic E-state index is 0.510. The topological polar surface area (TPSA) is 44.0 Å². The van der Waals surface area contributed by atoms with Gasteiger partial charge in [-0.2, -0.15) is 5.26 Å². The lowest BCUT2D eigenvalue weighted by Gasteiger charge is -2.19. The van der Waals surface area contributed by atoms with Gasteiger partial charge in [0.05, 0.1) is 0 Å². The molecule has 0 saturated carbocycles. The van der Waals surface area contributed by atoms with Crippen LogP contribution in [0.25, 0.3) is 0 Å². The summed E-state index contributed by atoms with van der Waals surface area (Å²) in [4.78, 5) is 2.46. The molecule has 4 nitrogen and oxygen atoms in total. The van der Waals surface area contributed by atoms with Crippen LogP contribution >= 0.6 is 0 Å². The van der Waals surface area contributed by atoms with Crippen molar-refractivity contribution in [3.63, 3.8) is 0 Å². The average molecular weight is 276 g/mol. The Labute approximate surface area is 123 Å². The van der Waals surface area contributed by atoms with Crippen LogP contribution in [0.4, 0.5) is 0 Å². The third kappa shape index (κ3) is 5.36. The van der Waals surface area contributed by atoms with Crippen LogP contribution in [0.3, 0.4) is 0 Å². The fourth-order valence-electron chi connectivity index (χ4n) is 2.40. The number of hydrogen-bond donors (Lipinski definition) is 1. The summed E-state index contributed by atoms with van der Waals surface area (Å²) in [6, 6.07) is 4.66. The fraction of sp³-hybridized carbons (Fsp3) is 0.688. The van der Waals surface area contributed by atoms with Crippen molar-refractivity contribution in [2.24, 2.45) is 7.05 Å². The van der Waals surface area contributed by atoms with Crippen molar-refractivity contribution in [1.82, 2.24) is 14.8 Å². The molecule has 0 bridgehead atoms. The lowest BCUT2D eigenvalue weighted by molar-refractivity contribution is 0.290. The highest BCUT2D eigenvalue weighted by atomic mass is 15.1. The molecule has 1 atom stereocenters. The van der Waals surface area contributed by atoms with Crippen molar-refractivity contribution in [3.8, 4) is 6.07 Å². The van der Waals surface area contributed by atoms with E-state index in [1.54, 1.807) is 0 Å². The van der Waals surface area contributed by atoms with Crippen LogP contribution in [-0.2, 0) is 13.6 Å². The first-order valence-electron chi connectivity index (χ1n) is 7.61. The molecule has 0 fully saturated rings. The zero-order valence-electron chi connectivity index (χ0n) is 13.3. The molecule has 0 aliphatic carbocycles. The standard InChI is InChI=1S/C16H28N4/c1-5-20(6-2)9-7-8-14(3)18-12-15-10-16(11-17)19(4)13-15/h10,13-14,18H,5-9,12H2,1-4H3. The molecule has 0 spiro atoms. The molecule has 0 aliphatic heterocycles. The van der Waals surface area contributed by atoms with Crippen molar-refractivity contribution in [2.75, 3.05) is 19.6 Å². The third-order valence-electron chi connectivity index (χ3n) is 3.84. The molecular weight excluding hydrogens is 248 g/mol. The summed E-state index contributed by atoms with van der Waals surface area (Å²) < 4.78 is 1.88. The predicted molar refractivity (Wildman–Crippen MR) is 83.5 cm³/mol. The van der Waals surface area contributed by atoms with Gasteiger partial charge >= 0.3 is 0 Å². The molecule has 0 aliphatic rings. The molecule has 1 aromatic rings. The van der Waals surface area contributed by atoms with Crippen LogP contribution in [0.5, 0.6) is 0 Å². The summed E-state index contributed by atoms with van der Waals surface area (Å²) in [5, 5.41) is 12.5. The zero-order chi connectivity index (χ0) is 15.0. The van der Waals surface area contributed by atoms with E-state index in [2.05, 4.69) is 37.1 Å². The number of nitrogens with zero attached hydrogens (tertiary/aromatic N) is 3. The maximum Gasteiger partial charge on any atom is 0.120 e. The lowest BCUT2D eigenvalue weighted by atomic mass is 10.1. The van der Waals surface area contributed by atoms with E-state index >= 15 is 0 Å². The number of aryl methyl sites for hydroxylation is 1. The van der Waals surface area contributed by atoms with Crippen molar-refractivity contribution in [3.05, 3.63) is 23.5 Å². The van der Waals surface area contributed by atoms with Crippen molar-refractivity contribution < 1.29 is 0 Å². The van der Waals surface area contributed by atoms with Gasteiger partial charge in [0.2, 0.25) is 0 Å². The molecule has 0 saturated heterocycles. The summed E-state index contributed by atoms with van der Waals surface area (Å²) in [7, 11) is 1.91. The Morgan fingerprint density at radius 2 is 2.10 bits per heavy atom. The number of nitriles is 1. The molecule has 1 N–H and O–H groups in total. The minimum atomic E-state index is 0.510. The maximum atomic E-state index is 8.93. The molecule has 0 radical (unpaired) electrons. The van der Waals surface area contributed by atoms with Gasteiger partial charge in [0.25, 0.3) is 0 Å². The van der Waals surface area contributed by atoms with Gasteiger partial charge in [-0.05, 0) is 51.0 Å². The van der Waals surface area contributed by atoms with Crippen LogP contribution < -0.4 is 5.32 Å². The second-order valence-corrected chi connectivity index (χ2v) is 5.41. The molecular formula is C16H28N4. The third-order valence-corrected chi connectivity index (χ3v) is 3.84. The summed E-state index contributed by atoms with van der Waals surface area (Å²) in [6.07, 6.45) is 4.44. The van der Waals surface area contributed by atoms with Gasteiger partial charge in [-0.1, -0.05) is 13.8 Å².